The van der Waals surface area contributed by atoms with Crippen molar-refractivity contribution in [3.63, 3.8) is 0 Å². The molecule has 0 saturated heterocycles. The molecule has 0 unspecified atom stereocenters. The van der Waals surface area contributed by atoms with Crippen LogP contribution in [0.25, 0.3) is 10.8 Å². The van der Waals surface area contributed by atoms with Crippen LogP contribution < -0.4 is 0 Å². The summed E-state index contributed by atoms with van der Waals surface area (Å²) < 4.78 is 0. The van der Waals surface area contributed by atoms with Crippen LogP contribution in [0.15, 0.2) is 67.0 Å². The average molecular weight is 233 g/mol. The smallest absolute Gasteiger partial charge is 0.193 e. The largest absolute Gasteiger partial charge is 0.289 e. The van der Waals surface area contributed by atoms with Gasteiger partial charge in [0.2, 0.25) is 0 Å². The zero-order valence-corrected chi connectivity index (χ0v) is 9.71. The molecule has 0 aliphatic heterocycles. The van der Waals surface area contributed by atoms with E-state index in [1.807, 2.05) is 54.6 Å². The Labute approximate surface area is 105 Å². The van der Waals surface area contributed by atoms with E-state index in [1.54, 1.807) is 12.4 Å². The van der Waals surface area contributed by atoms with Gasteiger partial charge in [0, 0.05) is 28.9 Å². The third-order valence-electron chi connectivity index (χ3n) is 2.96. The summed E-state index contributed by atoms with van der Waals surface area (Å²) in [6.45, 7) is 0. The van der Waals surface area contributed by atoms with Crippen LogP contribution in [-0.4, -0.2) is 10.8 Å². The van der Waals surface area contributed by atoms with E-state index in [0.717, 1.165) is 10.8 Å². The van der Waals surface area contributed by atoms with Crippen molar-refractivity contribution in [2.24, 2.45) is 0 Å². The molecule has 0 atom stereocenters. The van der Waals surface area contributed by atoms with E-state index in [1.165, 1.54) is 0 Å². The van der Waals surface area contributed by atoms with Crippen LogP contribution in [0.4, 0.5) is 0 Å². The first-order valence-electron chi connectivity index (χ1n) is 5.79. The zero-order chi connectivity index (χ0) is 12.4. The summed E-state index contributed by atoms with van der Waals surface area (Å²) in [4.78, 5) is 16.5. The van der Waals surface area contributed by atoms with Crippen LogP contribution in [0.5, 0.6) is 0 Å². The van der Waals surface area contributed by atoms with Crippen molar-refractivity contribution in [2.45, 2.75) is 0 Å². The molecule has 0 aliphatic carbocycles. The van der Waals surface area contributed by atoms with Crippen molar-refractivity contribution < 1.29 is 4.79 Å². The second-order valence-electron chi connectivity index (χ2n) is 4.10. The molecular weight excluding hydrogens is 222 g/mol. The first kappa shape index (κ1) is 10.7. The Morgan fingerprint density at radius 3 is 2.56 bits per heavy atom. The monoisotopic (exact) mass is 233 g/mol. The van der Waals surface area contributed by atoms with Gasteiger partial charge in [-0.25, -0.2) is 0 Å². The van der Waals surface area contributed by atoms with Gasteiger partial charge in [0.05, 0.1) is 0 Å². The van der Waals surface area contributed by atoms with Crippen molar-refractivity contribution in [3.05, 3.63) is 78.1 Å². The summed E-state index contributed by atoms with van der Waals surface area (Å²) in [5.74, 6) is 0.0363. The topological polar surface area (TPSA) is 30.0 Å². The highest BCUT2D eigenvalue weighted by molar-refractivity contribution is 6.16. The average Bonchev–Trinajstić information content (AvgIpc) is 2.47. The van der Waals surface area contributed by atoms with Gasteiger partial charge >= 0.3 is 0 Å². The quantitative estimate of drug-likeness (QED) is 0.634. The first-order valence-corrected chi connectivity index (χ1v) is 5.79. The van der Waals surface area contributed by atoms with Crippen LogP contribution in [0, 0.1) is 0 Å². The van der Waals surface area contributed by atoms with Crippen LogP contribution >= 0.6 is 0 Å². The Morgan fingerprint density at radius 2 is 1.72 bits per heavy atom. The van der Waals surface area contributed by atoms with E-state index in [0.29, 0.717) is 11.1 Å². The molecular formula is C16H11NO. The molecule has 18 heavy (non-hydrogen) atoms. The molecule has 1 heterocycles. The summed E-state index contributed by atoms with van der Waals surface area (Å²) in [6, 6.07) is 17.0. The number of fused-ring (bicyclic) bond motifs is 1. The third-order valence-corrected chi connectivity index (χ3v) is 2.96. The Balaban J connectivity index is 2.18. The number of aromatic nitrogens is 1. The van der Waals surface area contributed by atoms with Crippen LogP contribution in [0.1, 0.15) is 15.9 Å². The molecule has 2 nitrogen and oxygen atoms in total. The Morgan fingerprint density at radius 1 is 0.889 bits per heavy atom. The predicted molar refractivity (Wildman–Crippen MR) is 71.6 cm³/mol. The molecule has 86 valence electrons. The van der Waals surface area contributed by atoms with Crippen LogP contribution in [-0.2, 0) is 0 Å². The lowest BCUT2D eigenvalue weighted by Crippen LogP contribution is -2.01. The van der Waals surface area contributed by atoms with Gasteiger partial charge in [0.1, 0.15) is 0 Å². The Hall–Kier alpha value is -2.48. The summed E-state index contributed by atoms with van der Waals surface area (Å²) in [5, 5.41) is 1.93. The van der Waals surface area contributed by atoms with Crippen molar-refractivity contribution in [1.29, 1.82) is 0 Å². The van der Waals surface area contributed by atoms with E-state index in [4.69, 9.17) is 0 Å². The van der Waals surface area contributed by atoms with Crippen molar-refractivity contribution >= 4 is 16.6 Å². The highest BCUT2D eigenvalue weighted by Gasteiger charge is 2.11. The summed E-state index contributed by atoms with van der Waals surface area (Å²) in [5.41, 5.74) is 1.40. The summed E-state index contributed by atoms with van der Waals surface area (Å²) in [6.07, 6.45) is 3.48. The van der Waals surface area contributed by atoms with Gasteiger partial charge < -0.3 is 0 Å². The second kappa shape index (κ2) is 4.41. The maximum Gasteiger partial charge on any atom is 0.193 e. The predicted octanol–water partition coefficient (Wildman–Crippen LogP) is 3.47. The van der Waals surface area contributed by atoms with E-state index < -0.39 is 0 Å². The number of pyridine rings is 1. The number of benzene rings is 2. The number of carbonyl (C=O) groups excluding carboxylic acids is 1. The van der Waals surface area contributed by atoms with Gasteiger partial charge in [-0.2, -0.15) is 0 Å². The highest BCUT2D eigenvalue weighted by atomic mass is 16.1. The number of nitrogens with zero attached hydrogens (tertiary/aromatic N) is 1. The minimum atomic E-state index is 0.0363. The lowest BCUT2D eigenvalue weighted by Gasteiger charge is -2.05. The number of ketones is 1. The molecule has 0 spiro atoms. The summed E-state index contributed by atoms with van der Waals surface area (Å²) in [7, 11) is 0. The fraction of sp³-hybridized carbons (Fsp3) is 0. The van der Waals surface area contributed by atoms with Gasteiger partial charge in [-0.15, -0.1) is 0 Å². The molecule has 0 radical (unpaired) electrons. The van der Waals surface area contributed by atoms with Crippen molar-refractivity contribution in [1.82, 2.24) is 4.98 Å². The van der Waals surface area contributed by atoms with Crippen LogP contribution in [0.3, 0.4) is 0 Å². The summed E-state index contributed by atoms with van der Waals surface area (Å²) >= 11 is 0. The fourth-order valence-corrected chi connectivity index (χ4v) is 2.06. The highest BCUT2D eigenvalue weighted by Crippen LogP contribution is 2.20. The third kappa shape index (κ3) is 1.78. The Bertz CT molecular complexity index is 699. The second-order valence-corrected chi connectivity index (χ2v) is 4.10. The van der Waals surface area contributed by atoms with Crippen molar-refractivity contribution in [2.75, 3.05) is 0 Å². The number of carbonyl (C=O) groups is 1. The molecule has 0 bridgehead atoms. The van der Waals surface area contributed by atoms with Crippen molar-refractivity contribution in [3.8, 4) is 0 Å². The lowest BCUT2D eigenvalue weighted by molar-refractivity contribution is 0.104. The molecule has 0 aliphatic rings. The Kier molecular flexibility index (Phi) is 2.61. The molecule has 0 N–H and O–H groups in total. The maximum absolute atomic E-state index is 12.4. The maximum atomic E-state index is 12.4. The fourth-order valence-electron chi connectivity index (χ4n) is 2.06. The number of rotatable bonds is 2. The SMILES string of the molecule is O=C(c1ccccc1)c1cccc2ccncc12. The molecule has 0 saturated carbocycles. The zero-order valence-electron chi connectivity index (χ0n) is 9.71. The van der Waals surface area contributed by atoms with Gasteiger partial charge in [-0.1, -0.05) is 48.5 Å². The molecule has 1 aromatic heterocycles. The minimum absolute atomic E-state index is 0.0363. The van der Waals surface area contributed by atoms with E-state index in [2.05, 4.69) is 4.98 Å². The van der Waals surface area contributed by atoms with E-state index in [9.17, 15) is 4.79 Å². The molecule has 3 rings (SSSR count). The normalized spacial score (nSPS) is 10.4. The molecule has 2 aromatic carbocycles. The standard InChI is InChI=1S/C16H11NO/c18-16(13-5-2-1-3-6-13)14-8-4-7-12-9-10-17-11-15(12)14/h1-11H. The molecule has 0 amide bonds. The lowest BCUT2D eigenvalue weighted by atomic mass is 9.99. The molecule has 3 aromatic rings. The van der Waals surface area contributed by atoms with Crippen LogP contribution in [0.2, 0.25) is 0 Å². The van der Waals surface area contributed by atoms with Gasteiger partial charge in [0.25, 0.3) is 0 Å². The van der Waals surface area contributed by atoms with Gasteiger partial charge in [-0.05, 0) is 11.5 Å². The number of hydrogen-bond acceptors (Lipinski definition) is 2. The minimum Gasteiger partial charge on any atom is -0.289 e. The molecule has 2 heteroatoms. The van der Waals surface area contributed by atoms with Gasteiger partial charge in [0.15, 0.2) is 5.78 Å². The van der Waals surface area contributed by atoms with E-state index >= 15 is 0 Å². The van der Waals surface area contributed by atoms with Gasteiger partial charge in [-0.3, -0.25) is 9.78 Å². The molecule has 0 fully saturated rings. The number of hydrogen-bond donors (Lipinski definition) is 0. The first-order chi connectivity index (χ1) is 8.86. The van der Waals surface area contributed by atoms with E-state index in [-0.39, 0.29) is 5.78 Å².